The van der Waals surface area contributed by atoms with E-state index in [9.17, 15) is 18.8 Å². The van der Waals surface area contributed by atoms with Gasteiger partial charge in [0.2, 0.25) is 5.91 Å². The number of H-pyrrole nitrogens is 1. The van der Waals surface area contributed by atoms with Gasteiger partial charge in [-0.1, -0.05) is 18.0 Å². The van der Waals surface area contributed by atoms with E-state index in [1.807, 2.05) is 0 Å². The quantitative estimate of drug-likeness (QED) is 0.387. The van der Waals surface area contributed by atoms with Crippen molar-refractivity contribution in [3.05, 3.63) is 46.8 Å². The van der Waals surface area contributed by atoms with Gasteiger partial charge in [-0.25, -0.2) is 9.37 Å². The molecule has 0 bridgehead atoms. The fraction of sp³-hybridized carbons (Fsp3) is 0.538. The van der Waals surface area contributed by atoms with Gasteiger partial charge in [-0.05, 0) is 69.1 Å². The van der Waals surface area contributed by atoms with Gasteiger partial charge in [-0.2, -0.15) is 0 Å². The number of nitrogens with one attached hydrogen (secondary N) is 3. The molecule has 2 aromatic rings. The molecule has 3 N–H and O–H groups in total. The number of anilines is 1. The number of aromatic nitrogens is 2. The maximum atomic E-state index is 13.2. The van der Waals surface area contributed by atoms with Gasteiger partial charge in [0.15, 0.2) is 5.78 Å². The molecule has 8 nitrogen and oxygen atoms in total. The van der Waals surface area contributed by atoms with Gasteiger partial charge in [0.25, 0.3) is 5.91 Å². The normalized spacial score (nSPS) is 21.8. The summed E-state index contributed by atoms with van der Waals surface area (Å²) in [6.45, 7) is 1.14. The van der Waals surface area contributed by atoms with Crippen LogP contribution in [0, 0.1) is 17.7 Å². The van der Waals surface area contributed by atoms with Crippen LogP contribution in [0.5, 0.6) is 0 Å². The summed E-state index contributed by atoms with van der Waals surface area (Å²) in [7, 11) is 0. The third kappa shape index (κ3) is 6.91. The zero-order chi connectivity index (χ0) is 25.5. The highest BCUT2D eigenvalue weighted by Crippen LogP contribution is 2.33. The van der Waals surface area contributed by atoms with E-state index in [-0.39, 0.29) is 46.0 Å². The molecule has 0 unspecified atom stereocenters. The fourth-order valence-corrected chi connectivity index (χ4v) is 5.20. The monoisotopic (exact) mass is 518 g/mol. The van der Waals surface area contributed by atoms with E-state index in [1.165, 1.54) is 24.5 Å². The largest absolute Gasteiger partial charge is 0.376 e. The van der Waals surface area contributed by atoms with Crippen LogP contribution in [0.4, 0.5) is 10.1 Å². The molecular formula is C26H32ClFN4O4. The van der Waals surface area contributed by atoms with E-state index in [0.29, 0.717) is 37.6 Å². The van der Waals surface area contributed by atoms with Crippen molar-refractivity contribution in [2.75, 3.05) is 18.5 Å². The van der Waals surface area contributed by atoms with Gasteiger partial charge in [-0.3, -0.25) is 14.4 Å². The zero-order valence-electron chi connectivity index (χ0n) is 20.2. The number of hydrogen-bond donors (Lipinski definition) is 3. The van der Waals surface area contributed by atoms with Gasteiger partial charge in [0.05, 0.1) is 23.1 Å². The molecule has 1 aliphatic heterocycles. The molecule has 1 saturated carbocycles. The lowest BCUT2D eigenvalue weighted by molar-refractivity contribution is -0.121. The highest BCUT2D eigenvalue weighted by Gasteiger charge is 2.27. The first-order valence-corrected chi connectivity index (χ1v) is 13.0. The minimum atomic E-state index is -0.446. The summed E-state index contributed by atoms with van der Waals surface area (Å²) >= 11 is 6.01. The van der Waals surface area contributed by atoms with Crippen LogP contribution in [-0.2, 0) is 9.53 Å². The Morgan fingerprint density at radius 2 is 1.97 bits per heavy atom. The number of halogens is 2. The number of benzene rings is 1. The smallest absolute Gasteiger partial charge is 0.270 e. The Kier molecular flexibility index (Phi) is 9.09. The summed E-state index contributed by atoms with van der Waals surface area (Å²) in [5.74, 6) is -0.694. The van der Waals surface area contributed by atoms with Crippen LogP contribution in [0.3, 0.4) is 0 Å². The van der Waals surface area contributed by atoms with E-state index in [0.717, 1.165) is 44.9 Å². The second-order valence-corrected chi connectivity index (χ2v) is 10.0. The molecule has 10 heteroatoms. The first-order valence-electron chi connectivity index (χ1n) is 12.6. The molecular weight excluding hydrogens is 487 g/mol. The molecule has 1 saturated heterocycles. The molecule has 194 valence electrons. The van der Waals surface area contributed by atoms with Crippen molar-refractivity contribution in [2.24, 2.45) is 11.8 Å². The standard InChI is InChI=1S/C26H32ClFN4O4/c27-20-13-18(28)10-11-21(20)32-25(34)17-8-6-16(7-9-17)3-1-5-22(33)23-24(31-15-30-23)26(35)29-14-19-4-2-12-36-19/h10-11,13,15-17,19H,1-9,12,14H2,(H,29,35)(H,30,31)(H,32,34)/t16?,17?,19-/m1/s1. The summed E-state index contributed by atoms with van der Waals surface area (Å²) in [4.78, 5) is 44.7. The Labute approximate surface area is 214 Å². The lowest BCUT2D eigenvalue weighted by Crippen LogP contribution is -2.32. The third-order valence-corrected chi connectivity index (χ3v) is 7.38. The highest BCUT2D eigenvalue weighted by atomic mass is 35.5. The third-order valence-electron chi connectivity index (χ3n) is 7.07. The van der Waals surface area contributed by atoms with E-state index in [1.54, 1.807) is 0 Å². The average molecular weight is 519 g/mol. The summed E-state index contributed by atoms with van der Waals surface area (Å²) in [6, 6.07) is 3.92. The summed E-state index contributed by atoms with van der Waals surface area (Å²) in [5, 5.41) is 5.81. The Morgan fingerprint density at radius 3 is 2.69 bits per heavy atom. The van der Waals surface area contributed by atoms with Crippen LogP contribution in [0.25, 0.3) is 0 Å². The zero-order valence-corrected chi connectivity index (χ0v) is 20.9. The Bertz CT molecular complexity index is 1080. The van der Waals surface area contributed by atoms with Crippen LogP contribution in [-0.4, -0.2) is 46.8 Å². The van der Waals surface area contributed by atoms with Crippen LogP contribution < -0.4 is 10.6 Å². The number of hydrogen-bond acceptors (Lipinski definition) is 5. The van der Waals surface area contributed by atoms with Crippen molar-refractivity contribution in [1.29, 1.82) is 0 Å². The van der Waals surface area contributed by atoms with E-state index < -0.39 is 5.82 Å². The number of rotatable bonds is 10. The maximum Gasteiger partial charge on any atom is 0.270 e. The molecule has 2 aliphatic rings. The molecule has 1 aromatic carbocycles. The van der Waals surface area contributed by atoms with Gasteiger partial charge in [-0.15, -0.1) is 0 Å². The number of imidazole rings is 1. The first-order chi connectivity index (χ1) is 17.4. The number of carbonyl (C=O) groups is 3. The fourth-order valence-electron chi connectivity index (χ4n) is 4.99. The number of Topliss-reactive ketones (excluding diaryl/α,β-unsaturated/α-hetero) is 1. The maximum absolute atomic E-state index is 13.2. The molecule has 4 rings (SSSR count). The van der Waals surface area contributed by atoms with Gasteiger partial charge in [0.1, 0.15) is 17.2 Å². The van der Waals surface area contributed by atoms with E-state index >= 15 is 0 Å². The van der Waals surface area contributed by atoms with Crippen LogP contribution in [0.1, 0.15) is 78.8 Å². The molecule has 2 amide bonds. The SMILES string of the molecule is O=C(CCCC1CCC(C(=O)Nc2ccc(F)cc2Cl)CC1)c1nc[nH]c1C(=O)NC[C@H]1CCCO1. The van der Waals surface area contributed by atoms with Crippen molar-refractivity contribution in [3.8, 4) is 0 Å². The van der Waals surface area contributed by atoms with Crippen LogP contribution in [0.15, 0.2) is 24.5 Å². The molecule has 2 fully saturated rings. The number of ketones is 1. The van der Waals surface area contributed by atoms with Gasteiger partial charge < -0.3 is 20.4 Å². The molecule has 2 heterocycles. The Balaban J connectivity index is 1.17. The number of carbonyl (C=O) groups excluding carboxylic acids is 3. The second-order valence-electron chi connectivity index (χ2n) is 9.62. The highest BCUT2D eigenvalue weighted by molar-refractivity contribution is 6.33. The minimum absolute atomic E-state index is 0.0258. The predicted octanol–water partition coefficient (Wildman–Crippen LogP) is 4.91. The van der Waals surface area contributed by atoms with Crippen LogP contribution in [0.2, 0.25) is 5.02 Å². The summed E-state index contributed by atoms with van der Waals surface area (Å²) < 4.78 is 18.7. The van der Waals surface area contributed by atoms with Crippen LogP contribution >= 0.6 is 11.6 Å². The second kappa shape index (κ2) is 12.5. The van der Waals surface area contributed by atoms with Gasteiger partial charge in [0, 0.05) is 25.5 Å². The lowest BCUT2D eigenvalue weighted by atomic mass is 9.79. The summed E-state index contributed by atoms with van der Waals surface area (Å²) in [6.07, 6.45) is 8.56. The van der Waals surface area contributed by atoms with Crippen molar-refractivity contribution >= 4 is 34.9 Å². The molecule has 0 radical (unpaired) electrons. The van der Waals surface area contributed by atoms with Crippen molar-refractivity contribution in [1.82, 2.24) is 15.3 Å². The van der Waals surface area contributed by atoms with E-state index in [2.05, 4.69) is 20.6 Å². The number of nitrogens with zero attached hydrogens (tertiary/aromatic N) is 1. The van der Waals surface area contributed by atoms with Gasteiger partial charge >= 0.3 is 0 Å². The molecule has 1 aromatic heterocycles. The molecule has 1 atom stereocenters. The topological polar surface area (TPSA) is 113 Å². The van der Waals surface area contributed by atoms with Crippen molar-refractivity contribution in [2.45, 2.75) is 63.9 Å². The Hall–Kier alpha value is -2.78. The predicted molar refractivity (Wildman–Crippen MR) is 134 cm³/mol. The number of ether oxygens (including phenoxy) is 1. The molecule has 1 aliphatic carbocycles. The lowest BCUT2D eigenvalue weighted by Gasteiger charge is -2.27. The Morgan fingerprint density at radius 1 is 1.17 bits per heavy atom. The van der Waals surface area contributed by atoms with Crippen molar-refractivity contribution in [3.63, 3.8) is 0 Å². The summed E-state index contributed by atoms with van der Waals surface area (Å²) in [5.41, 5.74) is 0.799. The number of aromatic amines is 1. The number of amides is 2. The minimum Gasteiger partial charge on any atom is -0.376 e. The van der Waals surface area contributed by atoms with E-state index in [4.69, 9.17) is 16.3 Å². The molecule has 36 heavy (non-hydrogen) atoms. The average Bonchev–Trinajstić information content (AvgIpc) is 3.57. The molecule has 0 spiro atoms. The first kappa shape index (κ1) is 26.3. The van der Waals surface area contributed by atoms with Crippen molar-refractivity contribution < 1.29 is 23.5 Å².